The van der Waals surface area contributed by atoms with Crippen LogP contribution in [0.25, 0.3) is 0 Å². The molecule has 1 saturated heterocycles. The van der Waals surface area contributed by atoms with Gasteiger partial charge in [-0.2, -0.15) is 8.78 Å². The van der Waals surface area contributed by atoms with Crippen LogP contribution >= 0.6 is 0 Å². The minimum absolute atomic E-state index is 0.0370. The van der Waals surface area contributed by atoms with Gasteiger partial charge in [0.15, 0.2) is 11.5 Å². The van der Waals surface area contributed by atoms with Crippen molar-refractivity contribution in [3.05, 3.63) is 23.8 Å². The highest BCUT2D eigenvalue weighted by atomic mass is 19.3. The zero-order valence-electron chi connectivity index (χ0n) is 14.8. The molecule has 26 heavy (non-hydrogen) atoms. The van der Waals surface area contributed by atoms with E-state index in [-0.39, 0.29) is 34.9 Å². The number of carbonyl (C=O) groups is 2. The smallest absolute Gasteiger partial charge is 0.387 e. The second-order valence-corrected chi connectivity index (χ2v) is 5.94. The van der Waals surface area contributed by atoms with Crippen molar-refractivity contribution in [1.82, 2.24) is 15.5 Å². The molecule has 0 spiro atoms. The van der Waals surface area contributed by atoms with E-state index in [0.717, 1.165) is 0 Å². The monoisotopic (exact) mass is 371 g/mol. The highest BCUT2D eigenvalue weighted by Gasteiger charge is 2.23. The predicted octanol–water partition coefficient (Wildman–Crippen LogP) is 1.24. The SMILES string of the molecule is CNC(=O)CN1CCC(NC(=O)c2ccc(OC)c(OC(F)F)c2)CC1. The first-order chi connectivity index (χ1) is 12.4. The van der Waals surface area contributed by atoms with Crippen LogP contribution in [0, 0.1) is 0 Å². The standard InChI is InChI=1S/C17H23F2N3O4/c1-20-15(23)10-22-7-5-12(6-8-22)21-16(24)11-3-4-13(25-2)14(9-11)26-17(18)19/h3-4,9,12,17H,5-8,10H2,1-2H3,(H,20,23)(H,21,24). The Morgan fingerprint density at radius 2 is 1.96 bits per heavy atom. The van der Waals surface area contributed by atoms with E-state index in [9.17, 15) is 18.4 Å². The molecule has 1 aliphatic rings. The van der Waals surface area contributed by atoms with E-state index in [1.807, 2.05) is 4.90 Å². The Morgan fingerprint density at radius 3 is 2.54 bits per heavy atom. The number of halogens is 2. The Balaban J connectivity index is 1.93. The number of likely N-dealkylation sites (N-methyl/N-ethyl adjacent to an activating group) is 1. The van der Waals surface area contributed by atoms with Crippen LogP contribution in [0.15, 0.2) is 18.2 Å². The second-order valence-electron chi connectivity index (χ2n) is 5.94. The van der Waals surface area contributed by atoms with Gasteiger partial charge in [-0.1, -0.05) is 0 Å². The number of piperidine rings is 1. The van der Waals surface area contributed by atoms with Crippen molar-refractivity contribution < 1.29 is 27.8 Å². The number of alkyl halides is 2. The molecule has 1 aromatic carbocycles. The van der Waals surface area contributed by atoms with Crippen LogP contribution in [0.2, 0.25) is 0 Å². The van der Waals surface area contributed by atoms with Crippen molar-refractivity contribution >= 4 is 11.8 Å². The number of hydrogen-bond donors (Lipinski definition) is 2. The average Bonchev–Trinajstić information content (AvgIpc) is 2.62. The lowest BCUT2D eigenvalue weighted by Gasteiger charge is -2.31. The molecule has 1 fully saturated rings. The molecule has 1 aromatic rings. The van der Waals surface area contributed by atoms with Crippen molar-refractivity contribution in [1.29, 1.82) is 0 Å². The average molecular weight is 371 g/mol. The number of likely N-dealkylation sites (tertiary alicyclic amines) is 1. The topological polar surface area (TPSA) is 79.9 Å². The summed E-state index contributed by atoms with van der Waals surface area (Å²) in [7, 11) is 2.93. The summed E-state index contributed by atoms with van der Waals surface area (Å²) in [6, 6.07) is 4.11. The van der Waals surface area contributed by atoms with Crippen LogP contribution in [0.3, 0.4) is 0 Å². The van der Waals surface area contributed by atoms with Gasteiger partial charge in [0.1, 0.15) is 0 Å². The molecule has 0 atom stereocenters. The summed E-state index contributed by atoms with van der Waals surface area (Å²) >= 11 is 0. The lowest BCUT2D eigenvalue weighted by Crippen LogP contribution is -2.47. The third kappa shape index (κ3) is 5.55. The zero-order valence-corrected chi connectivity index (χ0v) is 14.8. The number of ether oxygens (including phenoxy) is 2. The molecular formula is C17H23F2N3O4. The fraction of sp³-hybridized carbons (Fsp3) is 0.529. The molecular weight excluding hydrogens is 348 g/mol. The maximum Gasteiger partial charge on any atom is 0.387 e. The highest BCUT2D eigenvalue weighted by Crippen LogP contribution is 2.29. The minimum atomic E-state index is -3.01. The van der Waals surface area contributed by atoms with Gasteiger partial charge in [0.2, 0.25) is 5.91 Å². The van der Waals surface area contributed by atoms with E-state index in [4.69, 9.17) is 4.74 Å². The summed E-state index contributed by atoms with van der Waals surface area (Å²) in [5.74, 6) is -0.464. The molecule has 1 aliphatic heterocycles. The Hall–Kier alpha value is -2.42. The van der Waals surface area contributed by atoms with Crippen LogP contribution in [-0.2, 0) is 4.79 Å². The summed E-state index contributed by atoms with van der Waals surface area (Å²) in [6.07, 6.45) is 1.42. The fourth-order valence-electron chi connectivity index (χ4n) is 2.79. The van der Waals surface area contributed by atoms with Gasteiger partial charge in [-0.25, -0.2) is 0 Å². The fourth-order valence-corrected chi connectivity index (χ4v) is 2.79. The van der Waals surface area contributed by atoms with E-state index in [0.29, 0.717) is 32.5 Å². The van der Waals surface area contributed by atoms with Gasteiger partial charge in [-0.05, 0) is 31.0 Å². The van der Waals surface area contributed by atoms with Crippen molar-refractivity contribution in [3.8, 4) is 11.5 Å². The number of benzene rings is 1. The molecule has 0 unspecified atom stereocenters. The van der Waals surface area contributed by atoms with E-state index in [2.05, 4.69) is 15.4 Å². The maximum absolute atomic E-state index is 12.5. The lowest BCUT2D eigenvalue weighted by molar-refractivity contribution is -0.122. The Bertz CT molecular complexity index is 634. The van der Waals surface area contributed by atoms with Gasteiger partial charge in [0.25, 0.3) is 5.91 Å². The first-order valence-electron chi connectivity index (χ1n) is 8.29. The molecule has 7 nitrogen and oxygen atoms in total. The molecule has 0 aromatic heterocycles. The first kappa shape index (κ1) is 19.9. The van der Waals surface area contributed by atoms with E-state index < -0.39 is 6.61 Å². The van der Waals surface area contributed by atoms with E-state index >= 15 is 0 Å². The summed E-state index contributed by atoms with van der Waals surface area (Å²) in [6.45, 7) is -1.28. The number of nitrogens with one attached hydrogen (secondary N) is 2. The molecule has 1 heterocycles. The summed E-state index contributed by atoms with van der Waals surface area (Å²) in [5, 5.41) is 5.47. The van der Waals surface area contributed by atoms with Gasteiger partial charge in [-0.15, -0.1) is 0 Å². The molecule has 0 aliphatic carbocycles. The number of hydrogen-bond acceptors (Lipinski definition) is 5. The molecule has 2 N–H and O–H groups in total. The quantitative estimate of drug-likeness (QED) is 0.754. The van der Waals surface area contributed by atoms with Crippen LogP contribution in [0.5, 0.6) is 11.5 Å². The lowest BCUT2D eigenvalue weighted by atomic mass is 10.0. The van der Waals surface area contributed by atoms with Gasteiger partial charge >= 0.3 is 6.61 Å². The third-order valence-corrected chi connectivity index (χ3v) is 4.21. The predicted molar refractivity (Wildman–Crippen MR) is 90.6 cm³/mol. The Kier molecular flexibility index (Phi) is 7.14. The van der Waals surface area contributed by atoms with Gasteiger partial charge in [0.05, 0.1) is 13.7 Å². The van der Waals surface area contributed by atoms with Gasteiger partial charge in [0, 0.05) is 31.7 Å². The molecule has 2 amide bonds. The molecule has 144 valence electrons. The first-order valence-corrected chi connectivity index (χ1v) is 8.29. The van der Waals surface area contributed by atoms with Crippen LogP contribution < -0.4 is 20.1 Å². The summed E-state index contributed by atoms with van der Waals surface area (Å²) in [4.78, 5) is 25.8. The van der Waals surface area contributed by atoms with Crippen molar-refractivity contribution in [2.24, 2.45) is 0 Å². The number of nitrogens with zero attached hydrogens (tertiary/aromatic N) is 1. The molecule has 0 radical (unpaired) electrons. The summed E-state index contributed by atoms with van der Waals surface area (Å²) < 4.78 is 34.3. The van der Waals surface area contributed by atoms with Gasteiger partial charge in [-0.3, -0.25) is 14.5 Å². The zero-order chi connectivity index (χ0) is 19.1. The van der Waals surface area contributed by atoms with Crippen LogP contribution in [0.1, 0.15) is 23.2 Å². The third-order valence-electron chi connectivity index (χ3n) is 4.21. The summed E-state index contributed by atoms with van der Waals surface area (Å²) in [5.41, 5.74) is 0.217. The minimum Gasteiger partial charge on any atom is -0.493 e. The van der Waals surface area contributed by atoms with Crippen molar-refractivity contribution in [2.45, 2.75) is 25.5 Å². The highest BCUT2D eigenvalue weighted by molar-refractivity contribution is 5.95. The number of methoxy groups -OCH3 is 1. The van der Waals surface area contributed by atoms with Crippen molar-refractivity contribution in [2.75, 3.05) is 33.8 Å². The molecule has 2 rings (SSSR count). The Morgan fingerprint density at radius 1 is 1.27 bits per heavy atom. The largest absolute Gasteiger partial charge is 0.493 e. The molecule has 0 saturated carbocycles. The van der Waals surface area contributed by atoms with Crippen LogP contribution in [0.4, 0.5) is 8.78 Å². The van der Waals surface area contributed by atoms with E-state index in [1.54, 1.807) is 7.05 Å². The molecule has 0 bridgehead atoms. The number of carbonyl (C=O) groups excluding carboxylic acids is 2. The maximum atomic E-state index is 12.5. The number of rotatable bonds is 7. The normalized spacial score (nSPS) is 15.6. The van der Waals surface area contributed by atoms with Crippen molar-refractivity contribution in [3.63, 3.8) is 0 Å². The number of amides is 2. The van der Waals surface area contributed by atoms with E-state index in [1.165, 1.54) is 25.3 Å². The second kappa shape index (κ2) is 9.33. The Labute approximate surface area is 150 Å². The van der Waals surface area contributed by atoms with Crippen LogP contribution in [-0.4, -0.2) is 63.2 Å². The molecule has 9 heteroatoms. The van der Waals surface area contributed by atoms with Gasteiger partial charge < -0.3 is 20.1 Å².